The number of ether oxygens (including phenoxy) is 1. The van der Waals surface area contributed by atoms with Crippen molar-refractivity contribution in [3.8, 4) is 5.75 Å². The lowest BCUT2D eigenvalue weighted by molar-refractivity contribution is -0.248. The molecular formula is C23H17Cl2F6NO2. The number of rotatable bonds is 5. The van der Waals surface area contributed by atoms with E-state index in [0.29, 0.717) is 12.8 Å². The van der Waals surface area contributed by atoms with Gasteiger partial charge in [0.2, 0.25) is 5.60 Å². The molecule has 1 amide bonds. The first-order valence-corrected chi connectivity index (χ1v) is 11.0. The quantitative estimate of drug-likeness (QED) is 0.338. The molecule has 0 saturated heterocycles. The lowest BCUT2D eigenvalue weighted by Crippen LogP contribution is -2.46. The number of allylic oxidation sites excluding steroid dienone is 1. The van der Waals surface area contributed by atoms with Crippen molar-refractivity contribution < 1.29 is 35.9 Å². The number of carbonyl (C=O) groups is 1. The third kappa shape index (κ3) is 4.47. The molecule has 2 aromatic rings. The lowest BCUT2D eigenvalue weighted by Gasteiger charge is -2.31. The predicted molar refractivity (Wildman–Crippen MR) is 115 cm³/mol. The van der Waals surface area contributed by atoms with Gasteiger partial charge >= 0.3 is 6.18 Å². The van der Waals surface area contributed by atoms with Crippen LogP contribution in [0.2, 0.25) is 10.0 Å². The van der Waals surface area contributed by atoms with Crippen molar-refractivity contribution in [2.45, 2.75) is 49.9 Å². The molecule has 2 aromatic carbocycles. The van der Waals surface area contributed by atoms with E-state index in [1.54, 1.807) is 0 Å². The lowest BCUT2D eigenvalue weighted by atomic mass is 9.87. The number of carbonyl (C=O) groups excluding carboxylic acids is 1. The van der Waals surface area contributed by atoms with Gasteiger partial charge in [-0.1, -0.05) is 29.3 Å². The van der Waals surface area contributed by atoms with Gasteiger partial charge in [0, 0.05) is 28.1 Å². The summed E-state index contributed by atoms with van der Waals surface area (Å²) in [5, 5.41) is 2.24. The fraction of sp³-hybridized carbons (Fsp3) is 0.348. The van der Waals surface area contributed by atoms with Crippen LogP contribution in [0.25, 0.3) is 5.57 Å². The van der Waals surface area contributed by atoms with Crippen molar-refractivity contribution >= 4 is 34.7 Å². The molecule has 2 aliphatic rings. The predicted octanol–water partition coefficient (Wildman–Crippen LogP) is 7.00. The third-order valence-electron chi connectivity index (χ3n) is 5.98. The Hall–Kier alpha value is -2.39. The SMILES string of the molecule is O=C(NC1CCC1)/C(F)=C(\c1ccc2c(c1)CC(c1cc(Cl)cc(Cl)c1)(C(F)(F)F)O2)C(F)F. The highest BCUT2D eigenvalue weighted by Crippen LogP contribution is 2.52. The molecule has 1 N–H and O–H groups in total. The Bertz CT molecular complexity index is 1140. The molecule has 0 bridgehead atoms. The Morgan fingerprint density at radius 2 is 1.74 bits per heavy atom. The first-order valence-electron chi connectivity index (χ1n) is 10.3. The second-order valence-electron chi connectivity index (χ2n) is 8.21. The second kappa shape index (κ2) is 9.00. The summed E-state index contributed by atoms with van der Waals surface area (Å²) in [4.78, 5) is 12.1. The van der Waals surface area contributed by atoms with Crippen LogP contribution in [0.15, 0.2) is 42.2 Å². The zero-order valence-corrected chi connectivity index (χ0v) is 18.8. The molecule has 11 heteroatoms. The average molecular weight is 524 g/mol. The maximum absolute atomic E-state index is 14.7. The van der Waals surface area contributed by atoms with E-state index in [2.05, 4.69) is 5.32 Å². The zero-order valence-electron chi connectivity index (χ0n) is 17.3. The van der Waals surface area contributed by atoms with E-state index in [1.807, 2.05) is 0 Å². The molecule has 1 unspecified atom stereocenters. The summed E-state index contributed by atoms with van der Waals surface area (Å²) < 4.78 is 90.3. The van der Waals surface area contributed by atoms with Gasteiger partial charge in [0.05, 0.1) is 5.57 Å². The van der Waals surface area contributed by atoms with Crippen LogP contribution in [0.1, 0.15) is 36.0 Å². The summed E-state index contributed by atoms with van der Waals surface area (Å²) in [6.07, 6.45) is -7.04. The number of nitrogens with one attached hydrogen (secondary N) is 1. The van der Waals surface area contributed by atoms with E-state index in [1.165, 1.54) is 6.07 Å². The fourth-order valence-corrected chi connectivity index (χ4v) is 4.54. The minimum Gasteiger partial charge on any atom is -0.472 e. The van der Waals surface area contributed by atoms with Crippen LogP contribution in [-0.2, 0) is 16.8 Å². The van der Waals surface area contributed by atoms with Crippen molar-refractivity contribution in [3.05, 3.63) is 69.0 Å². The Morgan fingerprint density at radius 3 is 2.26 bits per heavy atom. The Balaban J connectivity index is 1.73. The highest BCUT2D eigenvalue weighted by Gasteiger charge is 2.61. The molecule has 1 aliphatic heterocycles. The van der Waals surface area contributed by atoms with Gasteiger partial charge in [-0.25, -0.2) is 13.2 Å². The summed E-state index contributed by atoms with van der Waals surface area (Å²) in [6.45, 7) is 0. The van der Waals surface area contributed by atoms with Crippen molar-refractivity contribution in [2.75, 3.05) is 0 Å². The number of fused-ring (bicyclic) bond motifs is 1. The number of benzene rings is 2. The molecular weight excluding hydrogens is 507 g/mol. The monoisotopic (exact) mass is 523 g/mol. The van der Waals surface area contributed by atoms with E-state index in [4.69, 9.17) is 27.9 Å². The molecule has 0 aromatic heterocycles. The van der Waals surface area contributed by atoms with E-state index in [0.717, 1.165) is 36.8 Å². The van der Waals surface area contributed by atoms with Crippen molar-refractivity contribution in [3.63, 3.8) is 0 Å². The summed E-state index contributed by atoms with van der Waals surface area (Å²) in [7, 11) is 0. The topological polar surface area (TPSA) is 38.3 Å². The number of alkyl halides is 5. The molecule has 1 heterocycles. The molecule has 1 aliphatic carbocycles. The molecule has 1 fully saturated rings. The van der Waals surface area contributed by atoms with E-state index in [-0.39, 0.29) is 33.0 Å². The normalized spacial score (nSPS) is 21.0. The standard InChI is InChI=1S/C23H17Cl2F6NO2/c24-14-7-13(8-15(25)9-14)22(23(29,30)31)10-12-6-11(4-5-17(12)34-22)18(20(27)28)19(26)21(33)32-16-2-1-3-16/h4-9,16,20H,1-3,10H2,(H,32,33)/b19-18-. The van der Waals surface area contributed by atoms with Gasteiger partial charge in [-0.3, -0.25) is 4.79 Å². The Morgan fingerprint density at radius 1 is 1.09 bits per heavy atom. The average Bonchev–Trinajstić information content (AvgIpc) is 3.10. The molecule has 1 saturated carbocycles. The highest BCUT2D eigenvalue weighted by atomic mass is 35.5. The first kappa shape index (κ1) is 24.7. The number of hydrogen-bond acceptors (Lipinski definition) is 2. The van der Waals surface area contributed by atoms with Crippen molar-refractivity contribution in [2.24, 2.45) is 0 Å². The Kier molecular flexibility index (Phi) is 6.54. The third-order valence-corrected chi connectivity index (χ3v) is 6.41. The summed E-state index contributed by atoms with van der Waals surface area (Å²) in [5.74, 6) is -3.18. The van der Waals surface area contributed by atoms with Gasteiger partial charge < -0.3 is 10.1 Å². The van der Waals surface area contributed by atoms with Crippen LogP contribution >= 0.6 is 23.2 Å². The van der Waals surface area contributed by atoms with Gasteiger partial charge in [0.15, 0.2) is 5.83 Å². The summed E-state index contributed by atoms with van der Waals surface area (Å²) in [6, 6.07) is 6.10. The highest BCUT2D eigenvalue weighted by molar-refractivity contribution is 6.34. The van der Waals surface area contributed by atoms with Crippen LogP contribution in [0, 0.1) is 0 Å². The molecule has 0 radical (unpaired) electrons. The smallest absolute Gasteiger partial charge is 0.432 e. The van der Waals surface area contributed by atoms with Crippen LogP contribution in [-0.4, -0.2) is 24.6 Å². The molecule has 4 rings (SSSR count). The molecule has 3 nitrogen and oxygen atoms in total. The van der Waals surface area contributed by atoms with Gasteiger partial charge in [-0.15, -0.1) is 0 Å². The van der Waals surface area contributed by atoms with Crippen LogP contribution < -0.4 is 10.1 Å². The summed E-state index contributed by atoms with van der Waals surface area (Å²) in [5.41, 5.74) is -4.95. The molecule has 182 valence electrons. The van der Waals surface area contributed by atoms with Gasteiger partial charge in [-0.2, -0.15) is 13.2 Å². The van der Waals surface area contributed by atoms with Crippen LogP contribution in [0.5, 0.6) is 5.75 Å². The summed E-state index contributed by atoms with van der Waals surface area (Å²) >= 11 is 11.8. The molecule has 1 atom stereocenters. The van der Waals surface area contributed by atoms with Gasteiger partial charge in [0.25, 0.3) is 12.3 Å². The van der Waals surface area contributed by atoms with Gasteiger partial charge in [0.1, 0.15) is 5.75 Å². The number of amides is 1. The Labute approximate surface area is 200 Å². The first-order chi connectivity index (χ1) is 15.9. The molecule has 34 heavy (non-hydrogen) atoms. The number of hydrogen-bond donors (Lipinski definition) is 1. The van der Waals surface area contributed by atoms with Crippen LogP contribution in [0.3, 0.4) is 0 Å². The second-order valence-corrected chi connectivity index (χ2v) is 9.09. The minimum atomic E-state index is -4.94. The van der Waals surface area contributed by atoms with Crippen molar-refractivity contribution in [1.29, 1.82) is 0 Å². The van der Waals surface area contributed by atoms with E-state index < -0.39 is 47.5 Å². The number of halogens is 8. The van der Waals surface area contributed by atoms with Gasteiger partial charge in [-0.05, 0) is 60.7 Å². The molecule has 0 spiro atoms. The zero-order chi connectivity index (χ0) is 24.8. The maximum atomic E-state index is 14.7. The van der Waals surface area contributed by atoms with Crippen molar-refractivity contribution in [1.82, 2.24) is 5.32 Å². The largest absolute Gasteiger partial charge is 0.472 e. The van der Waals surface area contributed by atoms with E-state index in [9.17, 15) is 31.1 Å². The maximum Gasteiger partial charge on any atom is 0.432 e. The fourth-order valence-electron chi connectivity index (χ4n) is 4.02. The van der Waals surface area contributed by atoms with E-state index >= 15 is 0 Å². The van der Waals surface area contributed by atoms with Crippen LogP contribution in [0.4, 0.5) is 26.3 Å². The minimum absolute atomic E-state index is 0.0474.